The summed E-state index contributed by atoms with van der Waals surface area (Å²) in [6, 6.07) is 4.62. The van der Waals surface area contributed by atoms with Gasteiger partial charge in [-0.15, -0.1) is 13.2 Å². The van der Waals surface area contributed by atoms with Gasteiger partial charge < -0.3 is 9.64 Å². The summed E-state index contributed by atoms with van der Waals surface area (Å²) >= 11 is 6.11. The van der Waals surface area contributed by atoms with Crippen molar-refractivity contribution < 1.29 is 17.9 Å². The van der Waals surface area contributed by atoms with Gasteiger partial charge in [-0.25, -0.2) is 0 Å². The second kappa shape index (κ2) is 6.88. The lowest BCUT2D eigenvalue weighted by Crippen LogP contribution is -2.33. The van der Waals surface area contributed by atoms with Gasteiger partial charge in [-0.05, 0) is 56.4 Å². The highest BCUT2D eigenvalue weighted by Crippen LogP contribution is 2.39. The Balaban J connectivity index is 2.09. The standard InChI is InChI=1S/C15H19ClF3NO/c1-2-8-20-9-6-11(7-10-20)12-4-3-5-13(14(12)16)21-15(17,18)19/h3-5,11H,2,6-10H2,1H3. The Hall–Kier alpha value is -0.940. The van der Waals surface area contributed by atoms with Crippen molar-refractivity contribution in [2.45, 2.75) is 38.5 Å². The second-order valence-electron chi connectivity index (χ2n) is 5.32. The molecule has 1 heterocycles. The maximum atomic E-state index is 12.3. The van der Waals surface area contributed by atoms with Crippen LogP contribution in [0.5, 0.6) is 5.75 Å². The molecule has 118 valence electrons. The Bertz CT molecular complexity index is 470. The van der Waals surface area contributed by atoms with Gasteiger partial charge in [0, 0.05) is 0 Å². The molecule has 1 fully saturated rings. The zero-order chi connectivity index (χ0) is 15.5. The van der Waals surface area contributed by atoms with E-state index in [0.29, 0.717) is 0 Å². The highest BCUT2D eigenvalue weighted by molar-refractivity contribution is 6.32. The fraction of sp³-hybridized carbons (Fsp3) is 0.600. The molecule has 0 saturated carbocycles. The summed E-state index contributed by atoms with van der Waals surface area (Å²) in [6.07, 6.45) is -1.78. The molecule has 0 aromatic heterocycles. The number of ether oxygens (including phenoxy) is 1. The van der Waals surface area contributed by atoms with E-state index in [2.05, 4.69) is 16.6 Å². The molecule has 0 bridgehead atoms. The minimum Gasteiger partial charge on any atom is -0.404 e. The highest BCUT2D eigenvalue weighted by atomic mass is 35.5. The molecule has 1 saturated heterocycles. The van der Waals surface area contributed by atoms with Crippen LogP contribution in [0.4, 0.5) is 13.2 Å². The van der Waals surface area contributed by atoms with E-state index in [1.807, 2.05) is 0 Å². The molecule has 0 amide bonds. The summed E-state index contributed by atoms with van der Waals surface area (Å²) < 4.78 is 41.0. The van der Waals surface area contributed by atoms with Crippen LogP contribution in [0.1, 0.15) is 37.7 Å². The van der Waals surface area contributed by atoms with Crippen molar-refractivity contribution in [3.05, 3.63) is 28.8 Å². The lowest BCUT2D eigenvalue weighted by Gasteiger charge is -2.32. The van der Waals surface area contributed by atoms with E-state index in [1.165, 1.54) is 6.07 Å². The first-order valence-electron chi connectivity index (χ1n) is 7.17. The van der Waals surface area contributed by atoms with Gasteiger partial charge in [-0.1, -0.05) is 30.7 Å². The number of rotatable bonds is 4. The number of hydrogen-bond acceptors (Lipinski definition) is 2. The first-order valence-corrected chi connectivity index (χ1v) is 7.55. The van der Waals surface area contributed by atoms with E-state index in [4.69, 9.17) is 11.6 Å². The molecule has 1 aliphatic rings. The summed E-state index contributed by atoms with van der Waals surface area (Å²) in [5.74, 6) is -0.111. The minimum absolute atomic E-state index is 0.0868. The molecule has 21 heavy (non-hydrogen) atoms. The van der Waals surface area contributed by atoms with Crippen molar-refractivity contribution in [1.29, 1.82) is 0 Å². The molecule has 1 aromatic rings. The van der Waals surface area contributed by atoms with Crippen molar-refractivity contribution >= 4 is 11.6 Å². The van der Waals surface area contributed by atoms with Crippen LogP contribution in [0, 0.1) is 0 Å². The zero-order valence-electron chi connectivity index (χ0n) is 11.9. The topological polar surface area (TPSA) is 12.5 Å². The van der Waals surface area contributed by atoms with Crippen LogP contribution in [0.2, 0.25) is 5.02 Å². The summed E-state index contributed by atoms with van der Waals surface area (Å²) in [6.45, 7) is 5.12. The van der Waals surface area contributed by atoms with Crippen LogP contribution in [0.3, 0.4) is 0 Å². The summed E-state index contributed by atoms with van der Waals surface area (Å²) in [5.41, 5.74) is 0.759. The maximum absolute atomic E-state index is 12.3. The number of hydrogen-bond donors (Lipinski definition) is 0. The molecular weight excluding hydrogens is 303 g/mol. The quantitative estimate of drug-likeness (QED) is 0.787. The average Bonchev–Trinajstić information content (AvgIpc) is 2.41. The third-order valence-corrected chi connectivity index (χ3v) is 4.19. The Labute approximate surface area is 127 Å². The van der Waals surface area contributed by atoms with Crippen LogP contribution >= 0.6 is 11.6 Å². The Kier molecular flexibility index (Phi) is 5.38. The van der Waals surface area contributed by atoms with Gasteiger partial charge in [-0.3, -0.25) is 0 Å². The molecule has 1 aliphatic heterocycles. The summed E-state index contributed by atoms with van der Waals surface area (Å²) in [5, 5.41) is 0.0868. The number of piperidine rings is 1. The first-order chi connectivity index (χ1) is 9.90. The summed E-state index contributed by atoms with van der Waals surface area (Å²) in [4.78, 5) is 2.38. The largest absolute Gasteiger partial charge is 0.573 e. The number of benzene rings is 1. The first kappa shape index (κ1) is 16.4. The van der Waals surface area contributed by atoms with Gasteiger partial charge in [-0.2, -0.15) is 0 Å². The molecule has 0 unspecified atom stereocenters. The van der Waals surface area contributed by atoms with Gasteiger partial charge >= 0.3 is 6.36 Å². The summed E-state index contributed by atoms with van der Waals surface area (Å²) in [7, 11) is 0. The fourth-order valence-electron chi connectivity index (χ4n) is 2.83. The highest BCUT2D eigenvalue weighted by Gasteiger charge is 2.33. The predicted molar refractivity (Wildman–Crippen MR) is 76.8 cm³/mol. The number of nitrogens with zero attached hydrogens (tertiary/aromatic N) is 1. The van der Waals surface area contributed by atoms with Crippen LogP contribution in [0.25, 0.3) is 0 Å². The van der Waals surface area contributed by atoms with Crippen LogP contribution in [-0.4, -0.2) is 30.9 Å². The van der Waals surface area contributed by atoms with Gasteiger partial charge in [0.05, 0.1) is 5.02 Å². The molecule has 0 radical (unpaired) electrons. The smallest absolute Gasteiger partial charge is 0.404 e. The van der Waals surface area contributed by atoms with E-state index >= 15 is 0 Å². The molecule has 0 aliphatic carbocycles. The number of likely N-dealkylation sites (tertiary alicyclic amines) is 1. The molecule has 2 nitrogen and oxygen atoms in total. The van der Waals surface area contributed by atoms with Crippen molar-refractivity contribution in [2.24, 2.45) is 0 Å². The normalized spacial score (nSPS) is 18.0. The fourth-order valence-corrected chi connectivity index (χ4v) is 3.15. The lowest BCUT2D eigenvalue weighted by atomic mass is 9.89. The van der Waals surface area contributed by atoms with E-state index in [1.54, 1.807) is 12.1 Å². The monoisotopic (exact) mass is 321 g/mol. The lowest BCUT2D eigenvalue weighted by molar-refractivity contribution is -0.274. The Morgan fingerprint density at radius 3 is 2.52 bits per heavy atom. The van der Waals surface area contributed by atoms with Gasteiger partial charge in [0.1, 0.15) is 5.75 Å². The molecule has 0 atom stereocenters. The van der Waals surface area contributed by atoms with E-state index in [-0.39, 0.29) is 16.7 Å². The van der Waals surface area contributed by atoms with E-state index < -0.39 is 6.36 Å². The van der Waals surface area contributed by atoms with Crippen molar-refractivity contribution in [1.82, 2.24) is 4.90 Å². The van der Waals surface area contributed by atoms with E-state index in [9.17, 15) is 13.2 Å². The van der Waals surface area contributed by atoms with Crippen molar-refractivity contribution in [3.8, 4) is 5.75 Å². The molecular formula is C15H19ClF3NO. The van der Waals surface area contributed by atoms with Crippen molar-refractivity contribution in [3.63, 3.8) is 0 Å². The third-order valence-electron chi connectivity index (χ3n) is 3.79. The maximum Gasteiger partial charge on any atom is 0.573 e. The van der Waals surface area contributed by atoms with Crippen LogP contribution < -0.4 is 4.74 Å². The third kappa shape index (κ3) is 4.51. The van der Waals surface area contributed by atoms with Gasteiger partial charge in [0.25, 0.3) is 0 Å². The van der Waals surface area contributed by atoms with Gasteiger partial charge in [0.2, 0.25) is 0 Å². The van der Waals surface area contributed by atoms with Crippen molar-refractivity contribution in [2.75, 3.05) is 19.6 Å². The molecule has 6 heteroatoms. The Morgan fingerprint density at radius 2 is 1.95 bits per heavy atom. The average molecular weight is 322 g/mol. The minimum atomic E-state index is -4.72. The molecule has 0 spiro atoms. The van der Waals surface area contributed by atoms with E-state index in [0.717, 1.165) is 44.5 Å². The van der Waals surface area contributed by atoms with Crippen LogP contribution in [0.15, 0.2) is 18.2 Å². The second-order valence-corrected chi connectivity index (χ2v) is 5.70. The number of halogens is 4. The SMILES string of the molecule is CCCN1CCC(c2cccc(OC(F)(F)F)c2Cl)CC1. The Morgan fingerprint density at radius 1 is 1.29 bits per heavy atom. The van der Waals surface area contributed by atoms with Gasteiger partial charge in [0.15, 0.2) is 0 Å². The number of alkyl halides is 3. The molecule has 2 rings (SSSR count). The predicted octanol–water partition coefficient (Wildman–Crippen LogP) is 4.83. The molecule has 0 N–H and O–H groups in total. The van der Waals surface area contributed by atoms with Crippen LogP contribution in [-0.2, 0) is 0 Å². The molecule has 1 aromatic carbocycles. The zero-order valence-corrected chi connectivity index (χ0v) is 12.7.